The second kappa shape index (κ2) is 4.22. The van der Waals surface area contributed by atoms with E-state index in [0.29, 0.717) is 25.4 Å². The third-order valence-corrected chi connectivity index (χ3v) is 4.98. The van der Waals surface area contributed by atoms with Crippen LogP contribution in [0.5, 0.6) is 0 Å². The Morgan fingerprint density at radius 2 is 2.10 bits per heavy atom. The molecule has 0 aromatic heterocycles. The molecular formula is C16H20N2O2. The predicted octanol–water partition coefficient (Wildman–Crippen LogP) is 1.57. The predicted molar refractivity (Wildman–Crippen MR) is 76.5 cm³/mol. The first kappa shape index (κ1) is 12.2. The largest absolute Gasteiger partial charge is 0.386 e. The number of hydrogen-bond donors (Lipinski definition) is 2. The van der Waals surface area contributed by atoms with E-state index in [1.165, 1.54) is 5.56 Å². The van der Waals surface area contributed by atoms with Crippen molar-refractivity contribution in [2.24, 2.45) is 5.92 Å². The number of β-amino-alcohol motifs (C(OH)–C–C–N with tert-alkyl or cyclic N) is 1. The molecule has 0 bridgehead atoms. The van der Waals surface area contributed by atoms with Gasteiger partial charge in [0.05, 0.1) is 13.1 Å². The number of rotatable bonds is 3. The van der Waals surface area contributed by atoms with E-state index in [1.807, 2.05) is 17.0 Å². The Hall–Kier alpha value is -1.55. The zero-order chi connectivity index (χ0) is 13.7. The van der Waals surface area contributed by atoms with Crippen LogP contribution in [0.2, 0.25) is 0 Å². The summed E-state index contributed by atoms with van der Waals surface area (Å²) in [5, 5.41) is 13.6. The molecule has 2 aliphatic heterocycles. The molecule has 1 saturated heterocycles. The summed E-state index contributed by atoms with van der Waals surface area (Å²) in [6, 6.07) is 8.21. The molecule has 1 saturated carbocycles. The molecule has 1 aliphatic carbocycles. The average molecular weight is 272 g/mol. The Balaban J connectivity index is 1.38. The lowest BCUT2D eigenvalue weighted by Crippen LogP contribution is -2.64. The molecule has 1 amide bonds. The van der Waals surface area contributed by atoms with E-state index in [-0.39, 0.29) is 11.8 Å². The molecule has 1 aromatic carbocycles. The van der Waals surface area contributed by atoms with Crippen molar-refractivity contribution in [2.45, 2.75) is 30.8 Å². The van der Waals surface area contributed by atoms with Crippen LogP contribution in [0.15, 0.2) is 24.3 Å². The number of carbonyl (C=O) groups is 1. The van der Waals surface area contributed by atoms with Crippen molar-refractivity contribution >= 4 is 11.6 Å². The van der Waals surface area contributed by atoms with Crippen molar-refractivity contribution in [1.82, 2.24) is 4.90 Å². The third kappa shape index (κ3) is 1.90. The summed E-state index contributed by atoms with van der Waals surface area (Å²) in [6.45, 7) is 1.92. The van der Waals surface area contributed by atoms with Crippen LogP contribution in [-0.2, 0) is 4.79 Å². The number of amides is 1. The SMILES string of the molecule is O=C(CC1CNc2ccccc21)N1CC(O)(C2CC2)C1. The minimum atomic E-state index is -0.568. The van der Waals surface area contributed by atoms with Gasteiger partial charge in [-0.1, -0.05) is 18.2 Å². The molecule has 4 nitrogen and oxygen atoms in total. The Morgan fingerprint density at radius 1 is 1.35 bits per heavy atom. The van der Waals surface area contributed by atoms with Crippen molar-refractivity contribution in [3.63, 3.8) is 0 Å². The summed E-state index contributed by atoms with van der Waals surface area (Å²) in [5.41, 5.74) is 1.84. The number of hydrogen-bond acceptors (Lipinski definition) is 3. The van der Waals surface area contributed by atoms with Crippen LogP contribution in [0.4, 0.5) is 5.69 Å². The van der Waals surface area contributed by atoms with Gasteiger partial charge in [-0.15, -0.1) is 0 Å². The second-order valence-corrected chi connectivity index (χ2v) is 6.50. The molecule has 1 aromatic rings. The number of fused-ring (bicyclic) bond motifs is 1. The van der Waals surface area contributed by atoms with Crippen LogP contribution in [-0.4, -0.2) is 41.1 Å². The molecule has 0 spiro atoms. The number of likely N-dealkylation sites (tertiary alicyclic amines) is 1. The fourth-order valence-electron chi connectivity index (χ4n) is 3.55. The van der Waals surface area contributed by atoms with E-state index in [2.05, 4.69) is 17.4 Å². The third-order valence-electron chi connectivity index (χ3n) is 4.98. The molecule has 0 radical (unpaired) electrons. The number of aliphatic hydroxyl groups is 1. The van der Waals surface area contributed by atoms with Gasteiger partial charge in [-0.05, 0) is 30.4 Å². The first-order valence-corrected chi connectivity index (χ1v) is 7.49. The number of nitrogens with zero attached hydrogens (tertiary/aromatic N) is 1. The van der Waals surface area contributed by atoms with Crippen LogP contribution < -0.4 is 5.32 Å². The van der Waals surface area contributed by atoms with Crippen LogP contribution >= 0.6 is 0 Å². The molecule has 1 unspecified atom stereocenters. The van der Waals surface area contributed by atoms with Crippen molar-refractivity contribution in [3.8, 4) is 0 Å². The van der Waals surface area contributed by atoms with Crippen LogP contribution in [0.1, 0.15) is 30.7 Å². The highest BCUT2D eigenvalue weighted by atomic mass is 16.3. The van der Waals surface area contributed by atoms with Gasteiger partial charge in [0.2, 0.25) is 5.91 Å². The fourth-order valence-corrected chi connectivity index (χ4v) is 3.55. The van der Waals surface area contributed by atoms with Gasteiger partial charge in [0.1, 0.15) is 5.60 Å². The molecule has 20 heavy (non-hydrogen) atoms. The lowest BCUT2D eigenvalue weighted by atomic mass is 9.87. The molecular weight excluding hydrogens is 252 g/mol. The van der Waals surface area contributed by atoms with Gasteiger partial charge < -0.3 is 15.3 Å². The van der Waals surface area contributed by atoms with Crippen LogP contribution in [0, 0.1) is 5.92 Å². The van der Waals surface area contributed by atoms with E-state index in [4.69, 9.17) is 0 Å². The number of para-hydroxylation sites is 1. The molecule has 4 heteroatoms. The molecule has 2 fully saturated rings. The summed E-state index contributed by atoms with van der Waals surface area (Å²) in [4.78, 5) is 14.1. The van der Waals surface area contributed by atoms with Gasteiger partial charge in [-0.3, -0.25) is 4.79 Å². The van der Waals surface area contributed by atoms with Gasteiger partial charge in [0.25, 0.3) is 0 Å². The zero-order valence-corrected chi connectivity index (χ0v) is 11.5. The van der Waals surface area contributed by atoms with Gasteiger partial charge in [0, 0.05) is 24.6 Å². The fraction of sp³-hybridized carbons (Fsp3) is 0.562. The van der Waals surface area contributed by atoms with Crippen LogP contribution in [0.3, 0.4) is 0 Å². The highest BCUT2D eigenvalue weighted by Gasteiger charge is 2.53. The van der Waals surface area contributed by atoms with Gasteiger partial charge in [-0.25, -0.2) is 0 Å². The molecule has 1 atom stereocenters. The first-order chi connectivity index (χ1) is 9.66. The minimum Gasteiger partial charge on any atom is -0.386 e. The molecule has 3 aliphatic rings. The summed E-state index contributed by atoms with van der Waals surface area (Å²) in [5.74, 6) is 0.896. The van der Waals surface area contributed by atoms with Crippen molar-refractivity contribution < 1.29 is 9.90 Å². The smallest absolute Gasteiger partial charge is 0.223 e. The molecule has 4 rings (SSSR count). The van der Waals surface area contributed by atoms with Gasteiger partial charge in [0.15, 0.2) is 0 Å². The highest BCUT2D eigenvalue weighted by molar-refractivity contribution is 5.79. The summed E-state index contributed by atoms with van der Waals surface area (Å²) >= 11 is 0. The monoisotopic (exact) mass is 272 g/mol. The second-order valence-electron chi connectivity index (χ2n) is 6.50. The maximum absolute atomic E-state index is 12.3. The maximum atomic E-state index is 12.3. The van der Waals surface area contributed by atoms with Gasteiger partial charge in [-0.2, -0.15) is 0 Å². The van der Waals surface area contributed by atoms with E-state index in [1.54, 1.807) is 0 Å². The molecule has 106 valence electrons. The number of carbonyl (C=O) groups excluding carboxylic acids is 1. The Bertz CT molecular complexity index is 547. The lowest BCUT2D eigenvalue weighted by molar-refractivity contribution is -0.159. The van der Waals surface area contributed by atoms with Crippen molar-refractivity contribution in [2.75, 3.05) is 25.0 Å². The van der Waals surface area contributed by atoms with Crippen molar-refractivity contribution in [3.05, 3.63) is 29.8 Å². The molecule has 2 heterocycles. The minimum absolute atomic E-state index is 0.179. The maximum Gasteiger partial charge on any atom is 0.223 e. The number of anilines is 1. The Morgan fingerprint density at radius 3 is 2.85 bits per heavy atom. The highest BCUT2D eigenvalue weighted by Crippen LogP contribution is 2.45. The molecule has 2 N–H and O–H groups in total. The topological polar surface area (TPSA) is 52.6 Å². The number of nitrogens with one attached hydrogen (secondary N) is 1. The summed E-state index contributed by atoms with van der Waals surface area (Å²) in [6.07, 6.45) is 2.79. The Kier molecular flexibility index (Phi) is 2.58. The first-order valence-electron chi connectivity index (χ1n) is 7.49. The van der Waals surface area contributed by atoms with E-state index in [9.17, 15) is 9.90 Å². The van der Waals surface area contributed by atoms with E-state index >= 15 is 0 Å². The van der Waals surface area contributed by atoms with E-state index < -0.39 is 5.60 Å². The van der Waals surface area contributed by atoms with Gasteiger partial charge >= 0.3 is 0 Å². The van der Waals surface area contributed by atoms with E-state index in [0.717, 1.165) is 25.1 Å². The average Bonchev–Trinajstić information content (AvgIpc) is 3.19. The standard InChI is InChI=1S/C16H20N2O2/c19-15(18-9-16(20,10-18)12-5-6-12)7-11-8-17-14-4-2-1-3-13(11)14/h1-4,11-12,17,20H,5-10H2. The summed E-state index contributed by atoms with van der Waals surface area (Å²) < 4.78 is 0. The van der Waals surface area contributed by atoms with Crippen molar-refractivity contribution in [1.29, 1.82) is 0 Å². The normalized spacial score (nSPS) is 26.6. The summed E-state index contributed by atoms with van der Waals surface area (Å²) in [7, 11) is 0. The van der Waals surface area contributed by atoms with Crippen LogP contribution in [0.25, 0.3) is 0 Å². The lowest BCUT2D eigenvalue weighted by Gasteiger charge is -2.47. The Labute approximate surface area is 118 Å². The quantitative estimate of drug-likeness (QED) is 0.878. The number of benzene rings is 1. The zero-order valence-electron chi connectivity index (χ0n) is 11.5.